The molecule has 1 aliphatic carbocycles. The van der Waals surface area contributed by atoms with Crippen molar-refractivity contribution in [2.75, 3.05) is 0 Å². The molecule has 0 aliphatic heterocycles. The van der Waals surface area contributed by atoms with Gasteiger partial charge in [-0.15, -0.1) is 0 Å². The van der Waals surface area contributed by atoms with Gasteiger partial charge in [0, 0.05) is 5.92 Å². The zero-order chi connectivity index (χ0) is 8.97. The normalized spacial score (nSPS) is 25.9. The summed E-state index contributed by atoms with van der Waals surface area (Å²) in [6.45, 7) is 2.08. The molecule has 2 atom stereocenters. The van der Waals surface area contributed by atoms with Crippen LogP contribution >= 0.6 is 0 Å². The Balaban J connectivity index is 2.54. The molecule has 1 rings (SSSR count). The van der Waals surface area contributed by atoms with Gasteiger partial charge in [-0.2, -0.15) is 0 Å². The van der Waals surface area contributed by atoms with Gasteiger partial charge in [-0.1, -0.05) is 29.9 Å². The van der Waals surface area contributed by atoms with Gasteiger partial charge in [0.1, 0.15) is 6.23 Å². The van der Waals surface area contributed by atoms with E-state index in [-0.39, 0.29) is 0 Å². The van der Waals surface area contributed by atoms with Crippen molar-refractivity contribution in [1.82, 2.24) is 0 Å². The van der Waals surface area contributed by atoms with E-state index in [2.05, 4.69) is 25.2 Å². The highest BCUT2D eigenvalue weighted by Gasteiger charge is 2.07. The van der Waals surface area contributed by atoms with Crippen LogP contribution in [-0.4, -0.2) is 11.3 Å². The Labute approximate surface area is 73.1 Å². The van der Waals surface area contributed by atoms with E-state index < -0.39 is 6.23 Å². The molecule has 0 bridgehead atoms. The van der Waals surface area contributed by atoms with Crippen molar-refractivity contribution < 1.29 is 5.11 Å². The molecular weight excluding hydrogens is 150 g/mol. The van der Waals surface area contributed by atoms with Crippen molar-refractivity contribution in [3.05, 3.63) is 36.0 Å². The second-order valence-corrected chi connectivity index (χ2v) is 3.06. The molecule has 2 heteroatoms. The standard InChI is InChI=1S/C10H15NO/c1-8-4-2-3-5-9(8)6-7-10(11)12/h2-4,6-7,9-10,12H,5,11H2,1H3/b7-6+. The van der Waals surface area contributed by atoms with Gasteiger partial charge in [-0.05, 0) is 19.4 Å². The second kappa shape index (κ2) is 4.24. The minimum atomic E-state index is -0.830. The highest BCUT2D eigenvalue weighted by molar-refractivity contribution is 5.23. The SMILES string of the molecule is CC1=CC=CCC1/C=C/C(N)O. The Kier molecular flexibility index (Phi) is 3.26. The van der Waals surface area contributed by atoms with Gasteiger partial charge < -0.3 is 10.8 Å². The first-order valence-electron chi connectivity index (χ1n) is 4.15. The third-order valence-electron chi connectivity index (χ3n) is 2.01. The lowest BCUT2D eigenvalue weighted by Crippen LogP contribution is -2.15. The number of aliphatic hydroxyl groups excluding tert-OH is 1. The molecule has 0 radical (unpaired) electrons. The first-order valence-corrected chi connectivity index (χ1v) is 4.15. The maximum Gasteiger partial charge on any atom is 0.121 e. The average molecular weight is 165 g/mol. The zero-order valence-corrected chi connectivity index (χ0v) is 7.27. The molecule has 0 amide bonds. The lowest BCUT2D eigenvalue weighted by Gasteiger charge is -2.14. The highest BCUT2D eigenvalue weighted by atomic mass is 16.3. The third-order valence-corrected chi connectivity index (χ3v) is 2.01. The largest absolute Gasteiger partial charge is 0.375 e. The molecule has 0 aromatic heterocycles. The number of aliphatic hydroxyl groups is 1. The van der Waals surface area contributed by atoms with Crippen LogP contribution < -0.4 is 5.73 Å². The summed E-state index contributed by atoms with van der Waals surface area (Å²) in [6.07, 6.45) is 10.0. The molecule has 0 saturated heterocycles. The van der Waals surface area contributed by atoms with E-state index in [1.165, 1.54) is 5.57 Å². The van der Waals surface area contributed by atoms with Crippen molar-refractivity contribution in [1.29, 1.82) is 0 Å². The number of allylic oxidation sites excluding steroid dienone is 5. The first-order chi connectivity index (χ1) is 5.70. The fourth-order valence-electron chi connectivity index (χ4n) is 1.23. The van der Waals surface area contributed by atoms with E-state index in [4.69, 9.17) is 10.8 Å². The first kappa shape index (κ1) is 9.23. The number of rotatable bonds is 2. The van der Waals surface area contributed by atoms with Crippen LogP contribution in [0.5, 0.6) is 0 Å². The van der Waals surface area contributed by atoms with Gasteiger partial charge in [0.15, 0.2) is 0 Å². The third kappa shape index (κ3) is 2.64. The smallest absolute Gasteiger partial charge is 0.121 e. The molecule has 0 aromatic carbocycles. The predicted molar refractivity (Wildman–Crippen MR) is 50.3 cm³/mol. The fourth-order valence-corrected chi connectivity index (χ4v) is 1.23. The Morgan fingerprint density at radius 1 is 1.75 bits per heavy atom. The molecule has 0 saturated carbocycles. The zero-order valence-electron chi connectivity index (χ0n) is 7.27. The van der Waals surface area contributed by atoms with Crippen molar-refractivity contribution >= 4 is 0 Å². The maximum atomic E-state index is 8.82. The predicted octanol–water partition coefficient (Wildman–Crippen LogP) is 1.34. The van der Waals surface area contributed by atoms with E-state index in [1.54, 1.807) is 6.08 Å². The number of hydrogen-bond donors (Lipinski definition) is 2. The van der Waals surface area contributed by atoms with Crippen LogP contribution in [0, 0.1) is 5.92 Å². The number of hydrogen-bond acceptors (Lipinski definition) is 2. The molecule has 66 valence electrons. The van der Waals surface area contributed by atoms with Crippen LogP contribution in [0.25, 0.3) is 0 Å². The summed E-state index contributed by atoms with van der Waals surface area (Å²) in [5.41, 5.74) is 6.50. The second-order valence-electron chi connectivity index (χ2n) is 3.06. The van der Waals surface area contributed by atoms with Crippen LogP contribution in [0.1, 0.15) is 13.3 Å². The molecular formula is C10H15NO. The molecule has 0 aromatic rings. The van der Waals surface area contributed by atoms with Crippen LogP contribution in [0.4, 0.5) is 0 Å². The molecule has 0 spiro atoms. The minimum absolute atomic E-state index is 0.410. The van der Waals surface area contributed by atoms with Crippen molar-refractivity contribution in [2.24, 2.45) is 11.7 Å². The lowest BCUT2D eigenvalue weighted by atomic mass is 9.92. The Hall–Kier alpha value is -0.860. The highest BCUT2D eigenvalue weighted by Crippen LogP contribution is 2.20. The van der Waals surface area contributed by atoms with Gasteiger partial charge in [0.2, 0.25) is 0 Å². The maximum absolute atomic E-state index is 8.82. The van der Waals surface area contributed by atoms with Crippen molar-refractivity contribution in [3.63, 3.8) is 0 Å². The van der Waals surface area contributed by atoms with Crippen molar-refractivity contribution in [2.45, 2.75) is 19.6 Å². The van der Waals surface area contributed by atoms with Gasteiger partial charge in [-0.25, -0.2) is 0 Å². The monoisotopic (exact) mass is 165 g/mol. The minimum Gasteiger partial charge on any atom is -0.375 e. The van der Waals surface area contributed by atoms with E-state index in [0.717, 1.165) is 6.42 Å². The summed E-state index contributed by atoms with van der Waals surface area (Å²) in [6, 6.07) is 0. The topological polar surface area (TPSA) is 46.2 Å². The van der Waals surface area contributed by atoms with Gasteiger partial charge in [0.05, 0.1) is 0 Å². The molecule has 0 heterocycles. The van der Waals surface area contributed by atoms with Crippen LogP contribution in [-0.2, 0) is 0 Å². The van der Waals surface area contributed by atoms with Crippen LogP contribution in [0.2, 0.25) is 0 Å². The van der Waals surface area contributed by atoms with Crippen molar-refractivity contribution in [3.8, 4) is 0 Å². The van der Waals surface area contributed by atoms with Crippen LogP contribution in [0.3, 0.4) is 0 Å². The summed E-state index contributed by atoms with van der Waals surface area (Å²) in [5.74, 6) is 0.410. The molecule has 2 nitrogen and oxygen atoms in total. The summed E-state index contributed by atoms with van der Waals surface area (Å²) in [7, 11) is 0. The summed E-state index contributed by atoms with van der Waals surface area (Å²) in [4.78, 5) is 0. The molecule has 3 N–H and O–H groups in total. The average Bonchev–Trinajstić information content (AvgIpc) is 2.03. The summed E-state index contributed by atoms with van der Waals surface area (Å²) >= 11 is 0. The summed E-state index contributed by atoms with van der Waals surface area (Å²) in [5, 5.41) is 8.82. The summed E-state index contributed by atoms with van der Waals surface area (Å²) < 4.78 is 0. The molecule has 1 aliphatic rings. The Morgan fingerprint density at radius 3 is 3.08 bits per heavy atom. The Bertz CT molecular complexity index is 226. The Morgan fingerprint density at radius 2 is 2.50 bits per heavy atom. The van der Waals surface area contributed by atoms with Gasteiger partial charge in [0.25, 0.3) is 0 Å². The van der Waals surface area contributed by atoms with Gasteiger partial charge >= 0.3 is 0 Å². The molecule has 12 heavy (non-hydrogen) atoms. The fraction of sp³-hybridized carbons (Fsp3) is 0.400. The van der Waals surface area contributed by atoms with E-state index in [0.29, 0.717) is 5.92 Å². The molecule has 2 unspecified atom stereocenters. The van der Waals surface area contributed by atoms with E-state index in [1.807, 2.05) is 6.08 Å². The van der Waals surface area contributed by atoms with E-state index in [9.17, 15) is 0 Å². The van der Waals surface area contributed by atoms with E-state index >= 15 is 0 Å². The molecule has 0 fully saturated rings. The van der Waals surface area contributed by atoms with Crippen LogP contribution in [0.15, 0.2) is 36.0 Å². The van der Waals surface area contributed by atoms with Gasteiger partial charge in [-0.3, -0.25) is 0 Å². The number of nitrogens with two attached hydrogens (primary N) is 1. The lowest BCUT2D eigenvalue weighted by molar-refractivity contribution is 0.231. The quantitative estimate of drug-likeness (QED) is 0.479.